The number of hydrogen-bond donors (Lipinski definition) is 2. The maximum atomic E-state index is 12.4. The van der Waals surface area contributed by atoms with E-state index in [1.54, 1.807) is 0 Å². The molecular weight excluding hydrogens is 252 g/mol. The smallest absolute Gasteiger partial charge is 0.322 e. The van der Waals surface area contributed by atoms with Crippen molar-refractivity contribution in [3.8, 4) is 0 Å². The van der Waals surface area contributed by atoms with Crippen LogP contribution in [0.3, 0.4) is 0 Å². The van der Waals surface area contributed by atoms with Crippen molar-refractivity contribution in [3.63, 3.8) is 0 Å². The van der Waals surface area contributed by atoms with Crippen LogP contribution in [0.1, 0.15) is 18.4 Å². The molecule has 5 nitrogen and oxygen atoms in total. The largest absolute Gasteiger partial charge is 0.326 e. The molecule has 110 valence electrons. The average Bonchev–Trinajstić information content (AvgIpc) is 2.86. The van der Waals surface area contributed by atoms with Crippen LogP contribution in [-0.4, -0.2) is 49.1 Å². The second-order valence-electron chi connectivity index (χ2n) is 5.59. The van der Waals surface area contributed by atoms with E-state index in [1.807, 2.05) is 43.3 Å². The molecule has 1 saturated heterocycles. The zero-order valence-corrected chi connectivity index (χ0v) is 12.3. The number of rotatable bonds is 4. The highest BCUT2D eigenvalue weighted by Gasteiger charge is 2.28. The first kappa shape index (κ1) is 14.8. The SMILES string of the molecule is CN(C)CC1CCCN1C(=O)Nc1cccc(CN)c1. The molecule has 1 aromatic rings. The van der Waals surface area contributed by atoms with Crippen LogP contribution < -0.4 is 11.1 Å². The van der Waals surface area contributed by atoms with E-state index in [4.69, 9.17) is 5.73 Å². The van der Waals surface area contributed by atoms with Crippen molar-refractivity contribution in [3.05, 3.63) is 29.8 Å². The van der Waals surface area contributed by atoms with Gasteiger partial charge in [0.1, 0.15) is 0 Å². The van der Waals surface area contributed by atoms with Gasteiger partial charge < -0.3 is 20.9 Å². The van der Waals surface area contributed by atoms with Crippen LogP contribution in [0.5, 0.6) is 0 Å². The van der Waals surface area contributed by atoms with E-state index in [0.29, 0.717) is 12.6 Å². The molecule has 0 saturated carbocycles. The molecule has 0 bridgehead atoms. The lowest BCUT2D eigenvalue weighted by atomic mass is 10.2. The quantitative estimate of drug-likeness (QED) is 0.880. The van der Waals surface area contributed by atoms with Gasteiger partial charge in [-0.1, -0.05) is 12.1 Å². The van der Waals surface area contributed by atoms with Gasteiger partial charge in [-0.25, -0.2) is 4.79 Å². The summed E-state index contributed by atoms with van der Waals surface area (Å²) in [5.74, 6) is 0. The van der Waals surface area contributed by atoms with Crippen LogP contribution in [0.4, 0.5) is 10.5 Å². The Morgan fingerprint density at radius 2 is 2.30 bits per heavy atom. The molecule has 0 aliphatic carbocycles. The van der Waals surface area contributed by atoms with Crippen LogP contribution in [0.2, 0.25) is 0 Å². The van der Waals surface area contributed by atoms with Gasteiger partial charge in [-0.15, -0.1) is 0 Å². The minimum absolute atomic E-state index is 0.0106. The summed E-state index contributed by atoms with van der Waals surface area (Å²) in [6, 6.07) is 7.99. The third-order valence-electron chi connectivity index (χ3n) is 3.63. The molecule has 1 aliphatic rings. The van der Waals surface area contributed by atoms with Gasteiger partial charge in [-0.3, -0.25) is 0 Å². The number of hydrogen-bond acceptors (Lipinski definition) is 3. The van der Waals surface area contributed by atoms with Gasteiger partial charge in [0, 0.05) is 31.4 Å². The van der Waals surface area contributed by atoms with Gasteiger partial charge in [0.05, 0.1) is 0 Å². The Balaban J connectivity index is 1.99. The molecule has 1 aromatic carbocycles. The van der Waals surface area contributed by atoms with Crippen LogP contribution in [0, 0.1) is 0 Å². The molecule has 2 amide bonds. The third kappa shape index (κ3) is 3.71. The van der Waals surface area contributed by atoms with Crippen LogP contribution in [-0.2, 0) is 6.54 Å². The molecule has 2 rings (SSSR count). The number of nitrogens with two attached hydrogens (primary N) is 1. The number of benzene rings is 1. The van der Waals surface area contributed by atoms with Crippen LogP contribution in [0.15, 0.2) is 24.3 Å². The molecule has 20 heavy (non-hydrogen) atoms. The second-order valence-corrected chi connectivity index (χ2v) is 5.59. The molecular formula is C15H24N4O. The van der Waals surface area contributed by atoms with E-state index in [2.05, 4.69) is 10.2 Å². The van der Waals surface area contributed by atoms with Crippen LogP contribution >= 0.6 is 0 Å². The summed E-state index contributed by atoms with van der Waals surface area (Å²) < 4.78 is 0. The Labute approximate surface area is 120 Å². The Bertz CT molecular complexity index is 461. The number of carbonyl (C=O) groups is 1. The van der Waals surface area contributed by atoms with E-state index >= 15 is 0 Å². The molecule has 0 aromatic heterocycles. The first-order valence-electron chi connectivity index (χ1n) is 7.11. The maximum absolute atomic E-state index is 12.4. The summed E-state index contributed by atoms with van der Waals surface area (Å²) in [5, 5.41) is 2.97. The van der Waals surface area contributed by atoms with E-state index in [0.717, 1.165) is 37.2 Å². The lowest BCUT2D eigenvalue weighted by Crippen LogP contribution is -2.43. The molecule has 0 spiro atoms. The van der Waals surface area contributed by atoms with Crippen molar-refractivity contribution in [2.75, 3.05) is 32.5 Å². The highest BCUT2D eigenvalue weighted by atomic mass is 16.2. The van der Waals surface area contributed by atoms with E-state index in [9.17, 15) is 4.79 Å². The molecule has 1 heterocycles. The predicted octanol–water partition coefficient (Wildman–Crippen LogP) is 1.70. The van der Waals surface area contributed by atoms with Crippen molar-refractivity contribution in [1.29, 1.82) is 0 Å². The number of carbonyl (C=O) groups excluding carboxylic acids is 1. The first-order valence-corrected chi connectivity index (χ1v) is 7.11. The molecule has 1 atom stereocenters. The number of urea groups is 1. The Morgan fingerprint density at radius 1 is 1.50 bits per heavy atom. The normalized spacial score (nSPS) is 18.6. The van der Waals surface area contributed by atoms with Gasteiger partial charge in [-0.05, 0) is 44.6 Å². The Morgan fingerprint density at radius 3 is 3.00 bits per heavy atom. The fourth-order valence-corrected chi connectivity index (χ4v) is 2.69. The van der Waals surface area contributed by atoms with Crippen molar-refractivity contribution in [2.45, 2.75) is 25.4 Å². The fourth-order valence-electron chi connectivity index (χ4n) is 2.69. The molecule has 1 aliphatic heterocycles. The number of amides is 2. The van der Waals surface area contributed by atoms with Crippen molar-refractivity contribution < 1.29 is 4.79 Å². The second kappa shape index (κ2) is 6.72. The number of nitrogens with one attached hydrogen (secondary N) is 1. The first-order chi connectivity index (χ1) is 9.60. The van der Waals surface area contributed by atoms with Gasteiger partial charge in [0.25, 0.3) is 0 Å². The third-order valence-corrected chi connectivity index (χ3v) is 3.63. The highest BCUT2D eigenvalue weighted by molar-refractivity contribution is 5.89. The topological polar surface area (TPSA) is 61.6 Å². The minimum Gasteiger partial charge on any atom is -0.326 e. The van der Waals surface area contributed by atoms with E-state index in [1.165, 1.54) is 0 Å². The number of nitrogens with zero attached hydrogens (tertiary/aromatic N) is 2. The van der Waals surface area contributed by atoms with Gasteiger partial charge in [-0.2, -0.15) is 0 Å². The number of likely N-dealkylation sites (N-methyl/N-ethyl adjacent to an activating group) is 1. The van der Waals surface area contributed by atoms with Gasteiger partial charge in [0.2, 0.25) is 0 Å². The summed E-state index contributed by atoms with van der Waals surface area (Å²) >= 11 is 0. The Hall–Kier alpha value is -1.59. The summed E-state index contributed by atoms with van der Waals surface area (Å²) in [4.78, 5) is 16.4. The lowest BCUT2D eigenvalue weighted by molar-refractivity contribution is 0.193. The zero-order chi connectivity index (χ0) is 14.5. The molecule has 3 N–H and O–H groups in total. The predicted molar refractivity (Wildman–Crippen MR) is 81.6 cm³/mol. The molecule has 5 heteroatoms. The summed E-state index contributed by atoms with van der Waals surface area (Å²) in [5.41, 5.74) is 7.46. The van der Waals surface area contributed by atoms with Crippen molar-refractivity contribution >= 4 is 11.7 Å². The maximum Gasteiger partial charge on any atom is 0.322 e. The highest BCUT2D eigenvalue weighted by Crippen LogP contribution is 2.19. The summed E-state index contributed by atoms with van der Waals surface area (Å²) in [6.45, 7) is 2.23. The standard InChI is InChI=1S/C15H24N4O/c1-18(2)11-14-7-4-8-19(14)15(20)17-13-6-3-5-12(9-13)10-16/h3,5-6,9,14H,4,7-8,10-11,16H2,1-2H3,(H,17,20). The van der Waals surface area contributed by atoms with Crippen molar-refractivity contribution in [2.24, 2.45) is 5.73 Å². The van der Waals surface area contributed by atoms with E-state index in [-0.39, 0.29) is 6.03 Å². The average molecular weight is 276 g/mol. The van der Waals surface area contributed by atoms with Gasteiger partial charge >= 0.3 is 6.03 Å². The minimum atomic E-state index is -0.0106. The number of likely N-dealkylation sites (tertiary alicyclic amines) is 1. The fraction of sp³-hybridized carbons (Fsp3) is 0.533. The summed E-state index contributed by atoms with van der Waals surface area (Å²) in [6.07, 6.45) is 2.16. The number of anilines is 1. The Kier molecular flexibility index (Phi) is 4.98. The lowest BCUT2D eigenvalue weighted by Gasteiger charge is -2.27. The zero-order valence-electron chi connectivity index (χ0n) is 12.3. The summed E-state index contributed by atoms with van der Waals surface area (Å²) in [7, 11) is 4.08. The van der Waals surface area contributed by atoms with Crippen LogP contribution in [0.25, 0.3) is 0 Å². The molecule has 0 radical (unpaired) electrons. The van der Waals surface area contributed by atoms with Gasteiger partial charge in [0.15, 0.2) is 0 Å². The van der Waals surface area contributed by atoms with E-state index < -0.39 is 0 Å². The van der Waals surface area contributed by atoms with Crippen molar-refractivity contribution in [1.82, 2.24) is 9.80 Å². The monoisotopic (exact) mass is 276 g/mol. The molecule has 1 unspecified atom stereocenters. The molecule has 1 fully saturated rings.